The van der Waals surface area contributed by atoms with Crippen molar-refractivity contribution in [1.29, 1.82) is 0 Å². The van der Waals surface area contributed by atoms with Crippen molar-refractivity contribution < 1.29 is 23.0 Å². The van der Waals surface area contributed by atoms with Crippen LogP contribution < -0.4 is 10.5 Å². The SMILES string of the molecule is Nc1ccc(O[C@H]2C[C@]34C[C@H]3CCC4C3CCc4cc(O)ccc4[C@H]32)cc1C(F)(F)F. The Labute approximate surface area is 179 Å². The largest absolute Gasteiger partial charge is 0.508 e. The molecule has 3 fully saturated rings. The highest BCUT2D eigenvalue weighted by molar-refractivity contribution is 5.52. The quantitative estimate of drug-likeness (QED) is 0.584. The molecule has 3 nitrogen and oxygen atoms in total. The number of aryl methyl sites for hydroxylation is 1. The van der Waals surface area contributed by atoms with E-state index in [1.807, 2.05) is 12.1 Å². The molecule has 2 aromatic rings. The third-order valence-electron chi connectivity index (χ3n) is 8.65. The molecule has 0 aromatic heterocycles. The van der Waals surface area contributed by atoms with Crippen molar-refractivity contribution in [2.24, 2.45) is 23.2 Å². The fourth-order valence-electron chi connectivity index (χ4n) is 7.39. The second-order valence-corrected chi connectivity index (χ2v) is 10.0. The van der Waals surface area contributed by atoms with E-state index in [0.29, 0.717) is 17.3 Å². The number of ether oxygens (including phenoxy) is 1. The summed E-state index contributed by atoms with van der Waals surface area (Å²) >= 11 is 0. The first kappa shape index (κ1) is 19.3. The number of anilines is 1. The zero-order chi connectivity index (χ0) is 21.5. The van der Waals surface area contributed by atoms with E-state index in [1.165, 1.54) is 30.9 Å². The van der Waals surface area contributed by atoms with Crippen LogP contribution in [0.2, 0.25) is 0 Å². The lowest BCUT2D eigenvalue weighted by molar-refractivity contribution is -0.137. The third-order valence-corrected chi connectivity index (χ3v) is 8.65. The summed E-state index contributed by atoms with van der Waals surface area (Å²) in [5, 5.41) is 9.97. The Balaban J connectivity index is 1.40. The predicted octanol–water partition coefficient (Wildman–Crippen LogP) is 5.91. The first-order chi connectivity index (χ1) is 14.8. The van der Waals surface area contributed by atoms with E-state index in [1.54, 1.807) is 12.1 Å². The standard InChI is InChI=1S/C25H26F3NO2/c26-25(27,28)20-10-16(4-8-21(20)29)31-22-12-24-11-14(24)2-7-19(24)18-5-1-13-9-15(30)3-6-17(13)23(18)22/h3-4,6,8-10,14,18-19,22-23,30H,1-2,5,7,11-12,29H2/t14-,18?,19?,22+,23-,24-/m1/s1. The maximum atomic E-state index is 13.4. The number of alkyl halides is 3. The highest BCUT2D eigenvalue weighted by Crippen LogP contribution is 2.75. The van der Waals surface area contributed by atoms with Crippen LogP contribution >= 0.6 is 0 Å². The van der Waals surface area contributed by atoms with Crippen molar-refractivity contribution in [3.63, 3.8) is 0 Å². The van der Waals surface area contributed by atoms with E-state index in [9.17, 15) is 18.3 Å². The van der Waals surface area contributed by atoms with Gasteiger partial charge in [0.25, 0.3) is 0 Å². The summed E-state index contributed by atoms with van der Waals surface area (Å²) in [6, 6.07) is 9.46. The molecule has 1 spiro atoms. The summed E-state index contributed by atoms with van der Waals surface area (Å²) in [6.07, 6.45) is 1.97. The van der Waals surface area contributed by atoms with Gasteiger partial charge >= 0.3 is 6.18 Å². The lowest BCUT2D eigenvalue weighted by Gasteiger charge is -2.49. The van der Waals surface area contributed by atoms with E-state index >= 15 is 0 Å². The fraction of sp³-hybridized carbons (Fsp3) is 0.520. The Kier molecular flexibility index (Phi) is 3.95. The number of phenolic OH excluding ortho intramolecular Hbond substituents is 1. The number of hydrogen-bond acceptors (Lipinski definition) is 3. The number of phenols is 1. The minimum Gasteiger partial charge on any atom is -0.508 e. The number of hydrogen-bond donors (Lipinski definition) is 2. The minimum atomic E-state index is -4.51. The van der Waals surface area contributed by atoms with Gasteiger partial charge in [0.15, 0.2) is 0 Å². The molecule has 3 saturated carbocycles. The number of benzene rings is 2. The summed E-state index contributed by atoms with van der Waals surface area (Å²) in [7, 11) is 0. The molecular weight excluding hydrogens is 403 g/mol. The van der Waals surface area contributed by atoms with Gasteiger partial charge in [-0.05, 0) is 103 Å². The van der Waals surface area contributed by atoms with Gasteiger partial charge in [-0.1, -0.05) is 6.07 Å². The lowest BCUT2D eigenvalue weighted by Crippen LogP contribution is -2.46. The highest BCUT2D eigenvalue weighted by Gasteiger charge is 2.68. The van der Waals surface area contributed by atoms with Gasteiger partial charge in [-0.2, -0.15) is 13.2 Å². The predicted molar refractivity (Wildman–Crippen MR) is 111 cm³/mol. The molecule has 0 saturated heterocycles. The van der Waals surface area contributed by atoms with Crippen molar-refractivity contribution in [3.05, 3.63) is 53.1 Å². The molecule has 6 rings (SSSR count). The lowest BCUT2D eigenvalue weighted by atomic mass is 9.57. The number of halogens is 3. The molecule has 4 aliphatic carbocycles. The normalized spacial score (nSPS) is 35.5. The zero-order valence-electron chi connectivity index (χ0n) is 17.2. The molecule has 6 atom stereocenters. The molecule has 0 radical (unpaired) electrons. The van der Waals surface area contributed by atoms with E-state index in [0.717, 1.165) is 36.8 Å². The van der Waals surface area contributed by atoms with E-state index in [-0.39, 0.29) is 29.2 Å². The number of nitrogen functional groups attached to an aromatic ring is 1. The number of nitrogens with two attached hydrogens (primary N) is 1. The van der Waals surface area contributed by atoms with Crippen LogP contribution in [0.15, 0.2) is 36.4 Å². The summed E-state index contributed by atoms with van der Waals surface area (Å²) in [5.41, 5.74) is 7.13. The molecule has 0 aliphatic heterocycles. The maximum Gasteiger partial charge on any atom is 0.418 e. The maximum absolute atomic E-state index is 13.4. The van der Waals surface area contributed by atoms with E-state index in [4.69, 9.17) is 10.5 Å². The van der Waals surface area contributed by atoms with Crippen LogP contribution in [-0.2, 0) is 12.6 Å². The van der Waals surface area contributed by atoms with Crippen LogP contribution in [0, 0.1) is 23.2 Å². The van der Waals surface area contributed by atoms with Crippen molar-refractivity contribution in [3.8, 4) is 11.5 Å². The summed E-state index contributed by atoms with van der Waals surface area (Å²) in [4.78, 5) is 0. The van der Waals surface area contributed by atoms with Gasteiger partial charge in [-0.25, -0.2) is 0 Å². The molecule has 0 bridgehead atoms. The molecule has 2 aromatic carbocycles. The third kappa shape index (κ3) is 2.86. The molecule has 3 N–H and O–H groups in total. The Hall–Kier alpha value is -2.37. The van der Waals surface area contributed by atoms with Crippen LogP contribution in [0.3, 0.4) is 0 Å². The van der Waals surface area contributed by atoms with Crippen LogP contribution in [0.25, 0.3) is 0 Å². The van der Waals surface area contributed by atoms with E-state index in [2.05, 4.69) is 0 Å². The smallest absolute Gasteiger partial charge is 0.418 e. The number of fused-ring (bicyclic) bond motifs is 4. The van der Waals surface area contributed by atoms with Gasteiger partial charge < -0.3 is 15.6 Å². The van der Waals surface area contributed by atoms with Crippen molar-refractivity contribution >= 4 is 5.69 Å². The average Bonchev–Trinajstić information content (AvgIpc) is 3.28. The summed E-state index contributed by atoms with van der Waals surface area (Å²) in [6.45, 7) is 0. The summed E-state index contributed by atoms with van der Waals surface area (Å²) in [5.74, 6) is 2.56. The molecule has 164 valence electrons. The Morgan fingerprint density at radius 3 is 2.65 bits per heavy atom. The molecule has 4 aliphatic rings. The van der Waals surface area contributed by atoms with Crippen LogP contribution in [0.5, 0.6) is 11.5 Å². The van der Waals surface area contributed by atoms with Crippen molar-refractivity contribution in [2.45, 2.75) is 56.7 Å². The number of aromatic hydroxyl groups is 1. The van der Waals surface area contributed by atoms with E-state index < -0.39 is 11.7 Å². The van der Waals surface area contributed by atoms with Crippen LogP contribution in [0.1, 0.15) is 54.7 Å². The van der Waals surface area contributed by atoms with Gasteiger partial charge in [0.05, 0.1) is 5.56 Å². The Morgan fingerprint density at radius 1 is 1.03 bits per heavy atom. The second-order valence-electron chi connectivity index (χ2n) is 10.0. The monoisotopic (exact) mass is 429 g/mol. The van der Waals surface area contributed by atoms with Crippen LogP contribution in [-0.4, -0.2) is 11.2 Å². The van der Waals surface area contributed by atoms with Gasteiger partial charge in [0, 0.05) is 11.6 Å². The highest BCUT2D eigenvalue weighted by atomic mass is 19.4. The topological polar surface area (TPSA) is 55.5 Å². The van der Waals surface area contributed by atoms with Crippen molar-refractivity contribution in [2.75, 3.05) is 5.73 Å². The van der Waals surface area contributed by atoms with Crippen LogP contribution in [0.4, 0.5) is 18.9 Å². The molecule has 0 heterocycles. The number of rotatable bonds is 2. The van der Waals surface area contributed by atoms with Gasteiger partial charge in [0.1, 0.15) is 17.6 Å². The molecule has 2 unspecified atom stereocenters. The molecule has 31 heavy (non-hydrogen) atoms. The van der Waals surface area contributed by atoms with Gasteiger partial charge in [0.2, 0.25) is 0 Å². The van der Waals surface area contributed by atoms with Crippen molar-refractivity contribution in [1.82, 2.24) is 0 Å². The Morgan fingerprint density at radius 2 is 1.87 bits per heavy atom. The molecule has 6 heteroatoms. The zero-order valence-corrected chi connectivity index (χ0v) is 17.2. The first-order valence-electron chi connectivity index (χ1n) is 11.2. The minimum absolute atomic E-state index is 0.145. The molecular formula is C25H26F3NO2. The second kappa shape index (κ2) is 6.33. The molecule has 0 amide bonds. The first-order valence-corrected chi connectivity index (χ1v) is 11.2. The summed E-state index contributed by atoms with van der Waals surface area (Å²) < 4.78 is 46.6. The van der Waals surface area contributed by atoms with Gasteiger partial charge in [-0.3, -0.25) is 0 Å². The average molecular weight is 429 g/mol. The van der Waals surface area contributed by atoms with Gasteiger partial charge in [-0.15, -0.1) is 0 Å². The Bertz CT molecular complexity index is 1050. The fourth-order valence-corrected chi connectivity index (χ4v) is 7.39.